The van der Waals surface area contributed by atoms with Crippen LogP contribution < -0.4 is 5.32 Å². The average molecular weight is 335 g/mol. The molecule has 0 saturated heterocycles. The van der Waals surface area contributed by atoms with Crippen LogP contribution in [0.5, 0.6) is 0 Å². The van der Waals surface area contributed by atoms with Crippen molar-refractivity contribution in [3.63, 3.8) is 0 Å². The molecule has 1 amide bonds. The summed E-state index contributed by atoms with van der Waals surface area (Å²) in [7, 11) is 0. The summed E-state index contributed by atoms with van der Waals surface area (Å²) in [5.74, 6) is 1.51. The van der Waals surface area contributed by atoms with E-state index < -0.39 is 6.17 Å². The summed E-state index contributed by atoms with van der Waals surface area (Å²) in [4.78, 5) is 19.1. The van der Waals surface area contributed by atoms with Crippen molar-refractivity contribution in [3.05, 3.63) is 17.3 Å². The lowest BCUT2D eigenvalue weighted by Gasteiger charge is -2.27. The Bertz CT molecular complexity index is 597. The zero-order valence-corrected chi connectivity index (χ0v) is 14.1. The third-order valence-corrected chi connectivity index (χ3v) is 5.70. The Labute approximate surface area is 142 Å². The Morgan fingerprint density at radius 1 is 1.29 bits per heavy atom. The molecule has 2 atom stereocenters. The number of hydrogen-bond acceptors (Lipinski definition) is 4. The Kier molecular flexibility index (Phi) is 4.57. The normalized spacial score (nSPS) is 28.2. The van der Waals surface area contributed by atoms with Gasteiger partial charge in [0.2, 0.25) is 0 Å². The molecular formula is C18H26FN3O2. The molecule has 1 aliphatic heterocycles. The Hall–Kier alpha value is -1.43. The summed E-state index contributed by atoms with van der Waals surface area (Å²) >= 11 is 0. The highest BCUT2D eigenvalue weighted by Gasteiger charge is 2.30. The van der Waals surface area contributed by atoms with E-state index in [1.165, 1.54) is 25.7 Å². The number of halogens is 1. The van der Waals surface area contributed by atoms with Gasteiger partial charge in [-0.1, -0.05) is 12.8 Å². The standard InChI is InChI=1S/C18H26FN3O2/c19-13-5-6-14(9-13)20-17(23)18-21-15-11-22(8-7-16(15)24-18)10-12-3-1-2-4-12/h12-14H,1-11H2,(H,20,23)/t13-,14-/m1/s1. The fourth-order valence-corrected chi connectivity index (χ4v) is 4.37. The van der Waals surface area contributed by atoms with Crippen molar-refractivity contribution in [2.45, 2.75) is 70.1 Å². The first-order chi connectivity index (χ1) is 11.7. The summed E-state index contributed by atoms with van der Waals surface area (Å²) in [6.45, 7) is 2.89. The fourth-order valence-electron chi connectivity index (χ4n) is 4.37. The maximum absolute atomic E-state index is 13.2. The predicted molar refractivity (Wildman–Crippen MR) is 87.4 cm³/mol. The summed E-state index contributed by atoms with van der Waals surface area (Å²) in [6, 6.07) is -0.0877. The summed E-state index contributed by atoms with van der Waals surface area (Å²) < 4.78 is 18.9. The molecule has 1 aromatic rings. The number of carbonyl (C=O) groups excluding carboxylic acids is 1. The first-order valence-electron chi connectivity index (χ1n) is 9.33. The van der Waals surface area contributed by atoms with Crippen LogP contribution in [0.25, 0.3) is 0 Å². The van der Waals surface area contributed by atoms with Crippen LogP contribution in [0, 0.1) is 5.92 Å². The molecule has 3 aliphatic rings. The van der Waals surface area contributed by atoms with Crippen molar-refractivity contribution in [1.82, 2.24) is 15.2 Å². The first-order valence-corrected chi connectivity index (χ1v) is 9.33. The predicted octanol–water partition coefficient (Wildman–Crippen LogP) is 2.84. The first kappa shape index (κ1) is 16.1. The molecule has 2 aliphatic carbocycles. The Morgan fingerprint density at radius 2 is 2.12 bits per heavy atom. The van der Waals surface area contributed by atoms with Crippen molar-refractivity contribution in [2.75, 3.05) is 13.1 Å². The van der Waals surface area contributed by atoms with Crippen LogP contribution in [0.2, 0.25) is 0 Å². The second-order valence-corrected chi connectivity index (χ2v) is 7.61. The molecule has 1 aromatic heterocycles. The van der Waals surface area contributed by atoms with Crippen molar-refractivity contribution < 1.29 is 13.6 Å². The third kappa shape index (κ3) is 3.48. The Balaban J connectivity index is 1.36. The zero-order chi connectivity index (χ0) is 16.5. The molecule has 0 spiro atoms. The van der Waals surface area contributed by atoms with Crippen molar-refractivity contribution >= 4 is 5.91 Å². The van der Waals surface area contributed by atoms with Gasteiger partial charge in [-0.2, -0.15) is 0 Å². The molecule has 4 rings (SSSR count). The van der Waals surface area contributed by atoms with Crippen molar-refractivity contribution in [3.8, 4) is 0 Å². The van der Waals surface area contributed by atoms with Gasteiger partial charge in [-0.3, -0.25) is 9.69 Å². The molecule has 0 aromatic carbocycles. The largest absolute Gasteiger partial charge is 0.437 e. The number of fused-ring (bicyclic) bond motifs is 1. The zero-order valence-electron chi connectivity index (χ0n) is 14.1. The second-order valence-electron chi connectivity index (χ2n) is 7.61. The molecule has 2 heterocycles. The number of alkyl halides is 1. The molecule has 0 bridgehead atoms. The highest BCUT2D eigenvalue weighted by molar-refractivity contribution is 5.89. The lowest BCUT2D eigenvalue weighted by Crippen LogP contribution is -2.34. The van der Waals surface area contributed by atoms with E-state index in [2.05, 4.69) is 15.2 Å². The second kappa shape index (κ2) is 6.82. The van der Waals surface area contributed by atoms with E-state index in [1.807, 2.05) is 0 Å². The van der Waals surface area contributed by atoms with Crippen LogP contribution in [0.4, 0.5) is 4.39 Å². The number of nitrogens with one attached hydrogen (secondary N) is 1. The molecule has 0 radical (unpaired) electrons. The molecule has 6 heteroatoms. The van der Waals surface area contributed by atoms with Gasteiger partial charge in [0.05, 0.1) is 5.69 Å². The van der Waals surface area contributed by atoms with Crippen LogP contribution >= 0.6 is 0 Å². The van der Waals surface area contributed by atoms with E-state index in [9.17, 15) is 9.18 Å². The van der Waals surface area contributed by atoms with Crippen molar-refractivity contribution in [1.29, 1.82) is 0 Å². The fraction of sp³-hybridized carbons (Fsp3) is 0.778. The number of oxazole rings is 1. The van der Waals surface area contributed by atoms with Gasteiger partial charge in [-0.25, -0.2) is 9.37 Å². The molecule has 24 heavy (non-hydrogen) atoms. The summed E-state index contributed by atoms with van der Waals surface area (Å²) in [5, 5.41) is 2.86. The highest BCUT2D eigenvalue weighted by Crippen LogP contribution is 2.28. The molecule has 132 valence electrons. The maximum Gasteiger partial charge on any atom is 0.307 e. The molecule has 5 nitrogen and oxygen atoms in total. The molecule has 2 fully saturated rings. The van der Waals surface area contributed by atoms with Gasteiger partial charge in [-0.15, -0.1) is 0 Å². The molecule has 1 N–H and O–H groups in total. The highest BCUT2D eigenvalue weighted by atomic mass is 19.1. The SMILES string of the molecule is O=C(N[C@@H]1CC[C@@H](F)C1)c1nc2c(o1)CCN(CC1CCCC1)C2. The van der Waals surface area contributed by atoms with Gasteiger partial charge < -0.3 is 9.73 Å². The number of amides is 1. The number of aromatic nitrogens is 1. The minimum absolute atomic E-state index is 0.0877. The van der Waals surface area contributed by atoms with Gasteiger partial charge in [0.1, 0.15) is 11.9 Å². The van der Waals surface area contributed by atoms with Gasteiger partial charge in [0.15, 0.2) is 0 Å². The molecule has 2 saturated carbocycles. The van der Waals surface area contributed by atoms with Gasteiger partial charge >= 0.3 is 5.91 Å². The maximum atomic E-state index is 13.2. The van der Waals surface area contributed by atoms with Gasteiger partial charge in [-0.05, 0) is 38.0 Å². The number of carbonyl (C=O) groups is 1. The number of rotatable bonds is 4. The van der Waals surface area contributed by atoms with E-state index in [-0.39, 0.29) is 17.8 Å². The minimum Gasteiger partial charge on any atom is -0.437 e. The third-order valence-electron chi connectivity index (χ3n) is 5.70. The van der Waals surface area contributed by atoms with Crippen molar-refractivity contribution in [2.24, 2.45) is 5.92 Å². The number of nitrogens with zero attached hydrogens (tertiary/aromatic N) is 2. The van der Waals surface area contributed by atoms with E-state index in [0.29, 0.717) is 19.3 Å². The summed E-state index contributed by atoms with van der Waals surface area (Å²) in [6.07, 6.45) is 7.06. The van der Waals surface area contributed by atoms with Crippen LogP contribution in [0.1, 0.15) is 67.1 Å². The van der Waals surface area contributed by atoms with E-state index in [1.54, 1.807) is 0 Å². The average Bonchev–Trinajstić information content (AvgIpc) is 3.28. The number of hydrogen-bond donors (Lipinski definition) is 1. The van der Waals surface area contributed by atoms with Crippen LogP contribution in [-0.4, -0.2) is 41.1 Å². The quantitative estimate of drug-likeness (QED) is 0.919. The monoisotopic (exact) mass is 335 g/mol. The Morgan fingerprint density at radius 3 is 2.88 bits per heavy atom. The van der Waals surface area contributed by atoms with Crippen LogP contribution in [0.15, 0.2) is 4.42 Å². The smallest absolute Gasteiger partial charge is 0.307 e. The van der Waals surface area contributed by atoms with Crippen LogP contribution in [-0.2, 0) is 13.0 Å². The van der Waals surface area contributed by atoms with Gasteiger partial charge in [0.25, 0.3) is 5.89 Å². The summed E-state index contributed by atoms with van der Waals surface area (Å²) in [5.41, 5.74) is 0.902. The molecule has 0 unspecified atom stereocenters. The molecular weight excluding hydrogens is 309 g/mol. The minimum atomic E-state index is -0.794. The van der Waals surface area contributed by atoms with Crippen LogP contribution in [0.3, 0.4) is 0 Å². The van der Waals surface area contributed by atoms with E-state index in [4.69, 9.17) is 4.42 Å². The van der Waals surface area contributed by atoms with E-state index in [0.717, 1.165) is 43.4 Å². The van der Waals surface area contributed by atoms with Gasteiger partial charge in [0, 0.05) is 32.1 Å². The lowest BCUT2D eigenvalue weighted by atomic mass is 10.1. The topological polar surface area (TPSA) is 58.4 Å². The van der Waals surface area contributed by atoms with E-state index >= 15 is 0 Å². The lowest BCUT2D eigenvalue weighted by molar-refractivity contribution is 0.0899.